The molecule has 1 aliphatic heterocycles. The number of rotatable bonds is 10. The molecule has 1 heterocycles. The summed E-state index contributed by atoms with van der Waals surface area (Å²) in [6.07, 6.45) is 6.11. The minimum atomic E-state index is 0.670. The zero-order chi connectivity index (χ0) is 14.8. The summed E-state index contributed by atoms with van der Waals surface area (Å²) in [6, 6.07) is 1.38. The second kappa shape index (κ2) is 10.6. The lowest BCUT2D eigenvalue weighted by Gasteiger charge is -2.42. The molecule has 1 fully saturated rings. The highest BCUT2D eigenvalue weighted by Gasteiger charge is 2.28. The lowest BCUT2D eigenvalue weighted by Crippen LogP contribution is -2.58. The van der Waals surface area contributed by atoms with Crippen LogP contribution < -0.4 is 5.32 Å². The van der Waals surface area contributed by atoms with Gasteiger partial charge in [0.1, 0.15) is 0 Å². The fraction of sp³-hybridized carbons (Fsp3) is 1.00. The third-order valence-electron chi connectivity index (χ3n) is 4.74. The average molecular weight is 284 g/mol. The fourth-order valence-electron chi connectivity index (χ4n) is 2.94. The van der Waals surface area contributed by atoms with Crippen LogP contribution >= 0.6 is 0 Å². The van der Waals surface area contributed by atoms with E-state index in [4.69, 9.17) is 4.74 Å². The smallest absolute Gasteiger partial charge is 0.0478 e. The molecule has 1 rings (SSSR count). The van der Waals surface area contributed by atoms with Gasteiger partial charge in [-0.2, -0.15) is 0 Å². The van der Waals surface area contributed by atoms with Gasteiger partial charge in [0.25, 0.3) is 0 Å². The minimum Gasteiger partial charge on any atom is -0.381 e. The quantitative estimate of drug-likeness (QED) is 0.623. The molecule has 0 saturated carbocycles. The highest BCUT2D eigenvalue weighted by Crippen LogP contribution is 2.17. The molecule has 0 bridgehead atoms. The van der Waals surface area contributed by atoms with Crippen LogP contribution in [0.25, 0.3) is 0 Å². The molecule has 3 nitrogen and oxygen atoms in total. The van der Waals surface area contributed by atoms with Crippen molar-refractivity contribution in [2.75, 3.05) is 32.8 Å². The van der Waals surface area contributed by atoms with Crippen molar-refractivity contribution in [1.82, 2.24) is 10.2 Å². The van der Waals surface area contributed by atoms with Crippen LogP contribution in [0.1, 0.15) is 59.8 Å². The summed E-state index contributed by atoms with van der Waals surface area (Å²) in [6.45, 7) is 14.6. The van der Waals surface area contributed by atoms with Gasteiger partial charge in [0.2, 0.25) is 0 Å². The van der Waals surface area contributed by atoms with E-state index in [0.29, 0.717) is 12.1 Å². The molecular weight excluding hydrogens is 248 g/mol. The summed E-state index contributed by atoms with van der Waals surface area (Å²) >= 11 is 0. The molecule has 3 unspecified atom stereocenters. The number of hydrogen-bond acceptors (Lipinski definition) is 3. The average Bonchev–Trinajstić information content (AvgIpc) is 2.49. The monoisotopic (exact) mass is 284 g/mol. The van der Waals surface area contributed by atoms with Gasteiger partial charge < -0.3 is 10.1 Å². The molecule has 1 aliphatic rings. The van der Waals surface area contributed by atoms with Gasteiger partial charge in [-0.3, -0.25) is 4.90 Å². The van der Waals surface area contributed by atoms with Gasteiger partial charge in [0.05, 0.1) is 0 Å². The molecule has 1 saturated heterocycles. The van der Waals surface area contributed by atoms with Crippen molar-refractivity contribution in [3.05, 3.63) is 0 Å². The van der Waals surface area contributed by atoms with E-state index in [9.17, 15) is 0 Å². The van der Waals surface area contributed by atoms with Gasteiger partial charge in [-0.15, -0.1) is 0 Å². The molecule has 120 valence electrons. The standard InChI is InChI=1S/C17H36N2O/c1-5-8-11-20-12-9-10-19-14-17(15(4)6-2)18-13-16(19)7-3/h15-18H,5-14H2,1-4H3. The van der Waals surface area contributed by atoms with E-state index in [1.165, 1.54) is 45.2 Å². The summed E-state index contributed by atoms with van der Waals surface area (Å²) in [5.74, 6) is 0.774. The molecule has 3 heteroatoms. The Morgan fingerprint density at radius 3 is 2.60 bits per heavy atom. The van der Waals surface area contributed by atoms with Crippen LogP contribution in [-0.2, 0) is 4.74 Å². The fourth-order valence-corrected chi connectivity index (χ4v) is 2.94. The maximum Gasteiger partial charge on any atom is 0.0478 e. The number of piperazine rings is 1. The van der Waals surface area contributed by atoms with E-state index in [2.05, 4.69) is 37.9 Å². The van der Waals surface area contributed by atoms with Crippen LogP contribution in [0.3, 0.4) is 0 Å². The maximum absolute atomic E-state index is 5.69. The Balaban J connectivity index is 2.27. The summed E-state index contributed by atoms with van der Waals surface area (Å²) in [7, 11) is 0. The molecule has 0 amide bonds. The Labute approximate surface area is 126 Å². The van der Waals surface area contributed by atoms with Crippen molar-refractivity contribution in [2.45, 2.75) is 71.9 Å². The van der Waals surface area contributed by atoms with Crippen LogP contribution in [0.5, 0.6) is 0 Å². The molecule has 0 aromatic carbocycles. The van der Waals surface area contributed by atoms with Gasteiger partial charge in [0, 0.05) is 44.9 Å². The second-order valence-electron chi connectivity index (χ2n) is 6.28. The van der Waals surface area contributed by atoms with Crippen molar-refractivity contribution < 1.29 is 4.74 Å². The summed E-state index contributed by atoms with van der Waals surface area (Å²) in [5.41, 5.74) is 0. The molecule has 0 radical (unpaired) electrons. The molecule has 0 aromatic heterocycles. The van der Waals surface area contributed by atoms with E-state index >= 15 is 0 Å². The number of ether oxygens (including phenoxy) is 1. The van der Waals surface area contributed by atoms with Crippen LogP contribution in [0.4, 0.5) is 0 Å². The Morgan fingerprint density at radius 2 is 1.95 bits per heavy atom. The number of hydrogen-bond donors (Lipinski definition) is 1. The maximum atomic E-state index is 5.69. The highest BCUT2D eigenvalue weighted by molar-refractivity contribution is 4.87. The molecule has 0 aliphatic carbocycles. The molecule has 0 spiro atoms. The van der Waals surface area contributed by atoms with Crippen LogP contribution in [0, 0.1) is 5.92 Å². The van der Waals surface area contributed by atoms with Gasteiger partial charge in [0.15, 0.2) is 0 Å². The van der Waals surface area contributed by atoms with Gasteiger partial charge in [-0.25, -0.2) is 0 Å². The molecule has 1 N–H and O–H groups in total. The predicted octanol–water partition coefficient (Wildman–Crippen LogP) is 3.29. The predicted molar refractivity (Wildman–Crippen MR) is 87.2 cm³/mol. The SMILES string of the molecule is CCCCOCCCN1CC(C(C)CC)NCC1CC. The van der Waals surface area contributed by atoms with Gasteiger partial charge in [-0.1, -0.05) is 40.5 Å². The van der Waals surface area contributed by atoms with Crippen molar-refractivity contribution in [3.63, 3.8) is 0 Å². The van der Waals surface area contributed by atoms with Crippen LogP contribution in [0.2, 0.25) is 0 Å². The summed E-state index contributed by atoms with van der Waals surface area (Å²) < 4.78 is 5.69. The van der Waals surface area contributed by atoms with Gasteiger partial charge in [-0.05, 0) is 25.2 Å². The van der Waals surface area contributed by atoms with Crippen molar-refractivity contribution in [3.8, 4) is 0 Å². The first-order valence-electron chi connectivity index (χ1n) is 8.78. The van der Waals surface area contributed by atoms with E-state index in [1.807, 2.05) is 0 Å². The van der Waals surface area contributed by atoms with E-state index < -0.39 is 0 Å². The molecular formula is C17H36N2O. The summed E-state index contributed by atoms with van der Waals surface area (Å²) in [4.78, 5) is 2.69. The van der Waals surface area contributed by atoms with Crippen molar-refractivity contribution in [2.24, 2.45) is 5.92 Å². The lowest BCUT2D eigenvalue weighted by atomic mass is 9.95. The molecule has 20 heavy (non-hydrogen) atoms. The van der Waals surface area contributed by atoms with E-state index in [-0.39, 0.29) is 0 Å². The Bertz CT molecular complexity index is 235. The zero-order valence-electron chi connectivity index (χ0n) is 14.2. The first-order valence-corrected chi connectivity index (χ1v) is 8.78. The molecule has 3 atom stereocenters. The Hall–Kier alpha value is -0.120. The Morgan fingerprint density at radius 1 is 1.20 bits per heavy atom. The third kappa shape index (κ3) is 6.11. The Kier molecular flexibility index (Phi) is 9.49. The third-order valence-corrected chi connectivity index (χ3v) is 4.74. The number of unbranched alkanes of at least 4 members (excludes halogenated alkanes) is 1. The van der Waals surface area contributed by atoms with Gasteiger partial charge >= 0.3 is 0 Å². The van der Waals surface area contributed by atoms with Crippen LogP contribution in [0.15, 0.2) is 0 Å². The van der Waals surface area contributed by atoms with E-state index in [0.717, 1.165) is 25.7 Å². The van der Waals surface area contributed by atoms with E-state index in [1.54, 1.807) is 0 Å². The highest BCUT2D eigenvalue weighted by atomic mass is 16.5. The van der Waals surface area contributed by atoms with Crippen LogP contribution in [-0.4, -0.2) is 49.8 Å². The minimum absolute atomic E-state index is 0.670. The number of nitrogens with one attached hydrogen (secondary N) is 1. The largest absolute Gasteiger partial charge is 0.381 e. The molecule has 0 aromatic rings. The first-order chi connectivity index (χ1) is 9.72. The number of nitrogens with zero attached hydrogens (tertiary/aromatic N) is 1. The lowest BCUT2D eigenvalue weighted by molar-refractivity contribution is 0.0801. The topological polar surface area (TPSA) is 24.5 Å². The first kappa shape index (κ1) is 17.9. The van der Waals surface area contributed by atoms with Crippen molar-refractivity contribution >= 4 is 0 Å². The summed E-state index contributed by atoms with van der Waals surface area (Å²) in [5, 5.41) is 3.75. The normalized spacial score (nSPS) is 25.8. The van der Waals surface area contributed by atoms with Crippen molar-refractivity contribution in [1.29, 1.82) is 0 Å². The zero-order valence-corrected chi connectivity index (χ0v) is 14.2. The second-order valence-corrected chi connectivity index (χ2v) is 6.28.